The summed E-state index contributed by atoms with van der Waals surface area (Å²) in [6.07, 6.45) is 4.10. The molecule has 0 radical (unpaired) electrons. The minimum Gasteiger partial charge on any atom is -0.385 e. The van der Waals surface area contributed by atoms with E-state index in [0.717, 1.165) is 12.0 Å². The van der Waals surface area contributed by atoms with Crippen molar-refractivity contribution in [2.75, 3.05) is 20.3 Å². The fourth-order valence-electron chi connectivity index (χ4n) is 2.38. The second kappa shape index (κ2) is 8.59. The van der Waals surface area contributed by atoms with Crippen LogP contribution in [0.2, 0.25) is 0 Å². The Kier molecular flexibility index (Phi) is 6.49. The van der Waals surface area contributed by atoms with Crippen LogP contribution in [0.5, 0.6) is 0 Å². The van der Waals surface area contributed by atoms with Gasteiger partial charge in [0, 0.05) is 39.0 Å². The lowest BCUT2D eigenvalue weighted by molar-refractivity contribution is 0.0723. The molecule has 0 atom stereocenters. The zero-order valence-electron chi connectivity index (χ0n) is 14.4. The van der Waals surface area contributed by atoms with E-state index in [-0.39, 0.29) is 17.8 Å². The Morgan fingerprint density at radius 3 is 2.62 bits per heavy atom. The Morgan fingerprint density at radius 1 is 1.33 bits per heavy atom. The molecule has 0 fully saturated rings. The number of halogens is 1. The van der Waals surface area contributed by atoms with E-state index in [1.54, 1.807) is 41.2 Å². The largest absolute Gasteiger partial charge is 0.385 e. The monoisotopic (exact) mass is 333 g/mol. The summed E-state index contributed by atoms with van der Waals surface area (Å²) in [5.74, 6) is -0.364. The first-order chi connectivity index (χ1) is 11.5. The average molecular weight is 333 g/mol. The standard InChI is InChI=1S/C18H24FN3O2/c1-14(2)22-13-16(11-20-22)18(23)21(9-4-10-24-3)12-15-5-7-17(19)8-6-15/h5-8,11,13-14H,4,9-10,12H2,1-3H3. The molecule has 1 amide bonds. The zero-order valence-corrected chi connectivity index (χ0v) is 14.4. The number of ether oxygens (including phenoxy) is 1. The van der Waals surface area contributed by atoms with Crippen LogP contribution < -0.4 is 0 Å². The van der Waals surface area contributed by atoms with Gasteiger partial charge in [-0.05, 0) is 38.0 Å². The summed E-state index contributed by atoms with van der Waals surface area (Å²) in [5, 5.41) is 4.23. The third kappa shape index (κ3) is 4.89. The van der Waals surface area contributed by atoms with Gasteiger partial charge in [-0.25, -0.2) is 4.39 Å². The van der Waals surface area contributed by atoms with Crippen molar-refractivity contribution in [3.8, 4) is 0 Å². The minimum absolute atomic E-state index is 0.0812. The van der Waals surface area contributed by atoms with Crippen molar-refractivity contribution in [3.05, 3.63) is 53.6 Å². The van der Waals surface area contributed by atoms with E-state index in [1.165, 1.54) is 12.1 Å². The summed E-state index contributed by atoms with van der Waals surface area (Å²) in [6.45, 7) is 5.59. The summed E-state index contributed by atoms with van der Waals surface area (Å²) in [5.41, 5.74) is 1.45. The minimum atomic E-state index is -0.283. The van der Waals surface area contributed by atoms with Gasteiger partial charge in [-0.3, -0.25) is 9.48 Å². The molecule has 0 aliphatic rings. The molecule has 1 aromatic carbocycles. The molecule has 0 spiro atoms. The van der Waals surface area contributed by atoms with Crippen LogP contribution in [0.3, 0.4) is 0 Å². The van der Waals surface area contributed by atoms with E-state index in [0.29, 0.717) is 25.3 Å². The third-order valence-corrected chi connectivity index (χ3v) is 3.73. The number of hydrogen-bond acceptors (Lipinski definition) is 3. The van der Waals surface area contributed by atoms with Crippen LogP contribution in [-0.4, -0.2) is 40.8 Å². The highest BCUT2D eigenvalue weighted by Crippen LogP contribution is 2.13. The van der Waals surface area contributed by atoms with Crippen molar-refractivity contribution in [1.29, 1.82) is 0 Å². The van der Waals surface area contributed by atoms with Gasteiger partial charge >= 0.3 is 0 Å². The first-order valence-electron chi connectivity index (χ1n) is 8.08. The Bertz CT molecular complexity index is 653. The molecule has 0 unspecified atom stereocenters. The molecule has 6 heteroatoms. The van der Waals surface area contributed by atoms with Crippen molar-refractivity contribution in [2.24, 2.45) is 0 Å². The van der Waals surface area contributed by atoms with E-state index >= 15 is 0 Å². The van der Waals surface area contributed by atoms with Crippen LogP contribution in [0.25, 0.3) is 0 Å². The topological polar surface area (TPSA) is 47.4 Å². The number of benzene rings is 1. The second-order valence-electron chi connectivity index (χ2n) is 6.00. The normalized spacial score (nSPS) is 11.0. The molecule has 0 aliphatic carbocycles. The van der Waals surface area contributed by atoms with E-state index < -0.39 is 0 Å². The lowest BCUT2D eigenvalue weighted by Gasteiger charge is -2.22. The van der Waals surface area contributed by atoms with Crippen LogP contribution in [0.15, 0.2) is 36.7 Å². The molecule has 5 nitrogen and oxygen atoms in total. The maximum Gasteiger partial charge on any atom is 0.257 e. The molecular formula is C18H24FN3O2. The average Bonchev–Trinajstić information content (AvgIpc) is 3.05. The first-order valence-corrected chi connectivity index (χ1v) is 8.08. The number of methoxy groups -OCH3 is 1. The third-order valence-electron chi connectivity index (χ3n) is 3.73. The quantitative estimate of drug-likeness (QED) is 0.697. The smallest absolute Gasteiger partial charge is 0.257 e. The van der Waals surface area contributed by atoms with Crippen molar-refractivity contribution >= 4 is 5.91 Å². The van der Waals surface area contributed by atoms with Crippen molar-refractivity contribution in [1.82, 2.24) is 14.7 Å². The molecule has 130 valence electrons. The number of carbonyl (C=O) groups is 1. The van der Waals surface area contributed by atoms with Crippen LogP contribution in [0.4, 0.5) is 4.39 Å². The molecule has 0 N–H and O–H groups in total. The van der Waals surface area contributed by atoms with Crippen molar-refractivity contribution in [3.63, 3.8) is 0 Å². The van der Waals surface area contributed by atoms with E-state index in [4.69, 9.17) is 4.74 Å². The predicted octanol–water partition coefficient (Wildman–Crippen LogP) is 3.28. The number of aromatic nitrogens is 2. The first kappa shape index (κ1) is 18.1. The van der Waals surface area contributed by atoms with Gasteiger partial charge in [-0.15, -0.1) is 0 Å². The van der Waals surface area contributed by atoms with E-state index in [9.17, 15) is 9.18 Å². The van der Waals surface area contributed by atoms with Gasteiger partial charge in [-0.1, -0.05) is 12.1 Å². The summed E-state index contributed by atoms with van der Waals surface area (Å²) in [6, 6.07) is 6.41. The maximum atomic E-state index is 13.1. The van der Waals surface area contributed by atoms with Crippen LogP contribution in [0.1, 0.15) is 42.2 Å². The summed E-state index contributed by atoms with van der Waals surface area (Å²) < 4.78 is 19.9. The highest BCUT2D eigenvalue weighted by Gasteiger charge is 2.18. The van der Waals surface area contributed by atoms with Crippen LogP contribution in [-0.2, 0) is 11.3 Å². The molecule has 0 bridgehead atoms. The van der Waals surface area contributed by atoms with Crippen molar-refractivity contribution in [2.45, 2.75) is 32.9 Å². The Hall–Kier alpha value is -2.21. The number of carbonyl (C=O) groups excluding carboxylic acids is 1. The highest BCUT2D eigenvalue weighted by atomic mass is 19.1. The number of nitrogens with zero attached hydrogens (tertiary/aromatic N) is 3. The van der Waals surface area contributed by atoms with Crippen molar-refractivity contribution < 1.29 is 13.9 Å². The molecule has 2 rings (SSSR count). The lowest BCUT2D eigenvalue weighted by Crippen LogP contribution is -2.32. The maximum absolute atomic E-state index is 13.1. The molecule has 1 aromatic heterocycles. The van der Waals surface area contributed by atoms with Gasteiger partial charge in [0.05, 0.1) is 11.8 Å². The van der Waals surface area contributed by atoms with Gasteiger partial charge in [0.2, 0.25) is 0 Å². The van der Waals surface area contributed by atoms with Gasteiger partial charge < -0.3 is 9.64 Å². The van der Waals surface area contributed by atoms with E-state index in [1.807, 2.05) is 13.8 Å². The number of rotatable bonds is 8. The van der Waals surface area contributed by atoms with Crippen LogP contribution >= 0.6 is 0 Å². The van der Waals surface area contributed by atoms with Crippen LogP contribution in [0, 0.1) is 5.82 Å². The van der Waals surface area contributed by atoms with Gasteiger partial charge in [0.25, 0.3) is 5.91 Å². The Balaban J connectivity index is 2.13. The van der Waals surface area contributed by atoms with Gasteiger partial charge in [-0.2, -0.15) is 5.10 Å². The summed E-state index contributed by atoms with van der Waals surface area (Å²) >= 11 is 0. The van der Waals surface area contributed by atoms with E-state index in [2.05, 4.69) is 5.10 Å². The van der Waals surface area contributed by atoms with Gasteiger partial charge in [0.15, 0.2) is 0 Å². The molecule has 24 heavy (non-hydrogen) atoms. The highest BCUT2D eigenvalue weighted by molar-refractivity contribution is 5.93. The molecule has 0 saturated heterocycles. The lowest BCUT2D eigenvalue weighted by atomic mass is 10.2. The molecule has 0 saturated carbocycles. The fraction of sp³-hybridized carbons (Fsp3) is 0.444. The SMILES string of the molecule is COCCCN(Cc1ccc(F)cc1)C(=O)c1cnn(C(C)C)c1. The number of hydrogen-bond donors (Lipinski definition) is 0. The zero-order chi connectivity index (χ0) is 17.5. The summed E-state index contributed by atoms with van der Waals surface area (Å²) in [4.78, 5) is 14.5. The Morgan fingerprint density at radius 2 is 2.04 bits per heavy atom. The molecular weight excluding hydrogens is 309 g/mol. The molecule has 1 heterocycles. The predicted molar refractivity (Wildman–Crippen MR) is 90.2 cm³/mol. The molecule has 2 aromatic rings. The fourth-order valence-corrected chi connectivity index (χ4v) is 2.38. The molecule has 0 aliphatic heterocycles. The number of amides is 1. The Labute approximate surface area is 142 Å². The second-order valence-corrected chi connectivity index (χ2v) is 6.00. The van der Waals surface area contributed by atoms with Gasteiger partial charge in [0.1, 0.15) is 5.82 Å². The summed E-state index contributed by atoms with van der Waals surface area (Å²) in [7, 11) is 1.64.